The summed E-state index contributed by atoms with van der Waals surface area (Å²) in [6, 6.07) is 16.0. The van der Waals surface area contributed by atoms with E-state index in [-0.39, 0.29) is 5.91 Å². The predicted molar refractivity (Wildman–Crippen MR) is 104 cm³/mol. The van der Waals surface area contributed by atoms with Crippen molar-refractivity contribution < 1.29 is 9.90 Å². The van der Waals surface area contributed by atoms with Crippen LogP contribution in [0.4, 0.5) is 0 Å². The van der Waals surface area contributed by atoms with Crippen molar-refractivity contribution in [3.63, 3.8) is 0 Å². The Morgan fingerprint density at radius 2 is 1.75 bits per heavy atom. The number of aromatic nitrogens is 4. The standard InChI is InChI=1S/C20H20ClN5O2/c21-17-8-6-16(7-9-17)20(28)10-12-25(13-11-20)19(27)18(26-14-22-23-24-26)15-4-2-1-3-5-15/h1-9,14,18,28H,10-13H2. The summed E-state index contributed by atoms with van der Waals surface area (Å²) in [6.45, 7) is 0.896. The molecule has 1 N–H and O–H groups in total. The minimum atomic E-state index is -0.960. The first kappa shape index (κ1) is 18.6. The van der Waals surface area contributed by atoms with Crippen LogP contribution in [0.1, 0.15) is 30.0 Å². The first-order valence-corrected chi connectivity index (χ1v) is 9.49. The molecule has 1 atom stereocenters. The third-order valence-electron chi connectivity index (χ3n) is 5.26. The number of carbonyl (C=O) groups is 1. The highest BCUT2D eigenvalue weighted by Crippen LogP contribution is 2.34. The maximum atomic E-state index is 13.3. The zero-order chi connectivity index (χ0) is 19.6. The molecule has 1 unspecified atom stereocenters. The van der Waals surface area contributed by atoms with Crippen LogP contribution in [-0.4, -0.2) is 49.2 Å². The Kier molecular flexibility index (Phi) is 5.11. The Morgan fingerprint density at radius 3 is 2.36 bits per heavy atom. The van der Waals surface area contributed by atoms with Crippen molar-refractivity contribution in [1.29, 1.82) is 0 Å². The Labute approximate surface area is 167 Å². The summed E-state index contributed by atoms with van der Waals surface area (Å²) in [5, 5.41) is 23.0. The van der Waals surface area contributed by atoms with Crippen molar-refractivity contribution in [3.05, 3.63) is 77.1 Å². The molecule has 1 fully saturated rings. The van der Waals surface area contributed by atoms with Crippen molar-refractivity contribution in [2.45, 2.75) is 24.5 Å². The predicted octanol–water partition coefficient (Wildman–Crippen LogP) is 2.43. The van der Waals surface area contributed by atoms with Crippen LogP contribution in [0.15, 0.2) is 60.9 Å². The van der Waals surface area contributed by atoms with E-state index in [0.717, 1.165) is 11.1 Å². The monoisotopic (exact) mass is 397 g/mol. The Hall–Kier alpha value is -2.77. The number of halogens is 1. The van der Waals surface area contributed by atoms with E-state index < -0.39 is 11.6 Å². The quantitative estimate of drug-likeness (QED) is 0.730. The van der Waals surface area contributed by atoms with Gasteiger partial charge in [-0.3, -0.25) is 4.79 Å². The molecule has 0 spiro atoms. The molecule has 0 aliphatic carbocycles. The minimum absolute atomic E-state index is 0.0864. The van der Waals surface area contributed by atoms with Crippen molar-refractivity contribution in [3.8, 4) is 0 Å². The smallest absolute Gasteiger partial charge is 0.252 e. The number of nitrogens with zero attached hydrogens (tertiary/aromatic N) is 5. The summed E-state index contributed by atoms with van der Waals surface area (Å²) >= 11 is 5.95. The maximum absolute atomic E-state index is 13.3. The van der Waals surface area contributed by atoms with E-state index in [9.17, 15) is 9.90 Å². The zero-order valence-corrected chi connectivity index (χ0v) is 15.9. The molecule has 1 saturated heterocycles. The van der Waals surface area contributed by atoms with Gasteiger partial charge in [-0.15, -0.1) is 5.10 Å². The van der Waals surface area contributed by atoms with Crippen LogP contribution in [0.2, 0.25) is 5.02 Å². The van der Waals surface area contributed by atoms with Gasteiger partial charge in [0.05, 0.1) is 5.60 Å². The minimum Gasteiger partial charge on any atom is -0.385 e. The second-order valence-electron chi connectivity index (χ2n) is 6.97. The van der Waals surface area contributed by atoms with E-state index >= 15 is 0 Å². The van der Waals surface area contributed by atoms with Gasteiger partial charge in [-0.1, -0.05) is 54.1 Å². The number of piperidine rings is 1. The fraction of sp³-hybridized carbons (Fsp3) is 0.300. The van der Waals surface area contributed by atoms with Crippen molar-refractivity contribution in [2.75, 3.05) is 13.1 Å². The second-order valence-corrected chi connectivity index (χ2v) is 7.40. The lowest BCUT2D eigenvalue weighted by Gasteiger charge is -2.39. The third-order valence-corrected chi connectivity index (χ3v) is 5.51. The lowest BCUT2D eigenvalue weighted by molar-refractivity contribution is -0.138. The van der Waals surface area contributed by atoms with E-state index in [1.165, 1.54) is 11.0 Å². The van der Waals surface area contributed by atoms with Gasteiger partial charge in [-0.2, -0.15) is 0 Å². The average Bonchev–Trinajstić information content (AvgIpc) is 3.24. The molecule has 8 heteroatoms. The molecule has 0 saturated carbocycles. The number of tetrazole rings is 1. The van der Waals surface area contributed by atoms with Gasteiger partial charge in [0, 0.05) is 18.1 Å². The summed E-state index contributed by atoms with van der Waals surface area (Å²) in [6.07, 6.45) is 2.36. The highest BCUT2D eigenvalue weighted by Gasteiger charge is 2.38. The summed E-state index contributed by atoms with van der Waals surface area (Å²) in [5.41, 5.74) is 0.681. The Bertz CT molecular complexity index is 923. The van der Waals surface area contributed by atoms with Crippen LogP contribution in [0.25, 0.3) is 0 Å². The van der Waals surface area contributed by atoms with E-state index in [0.29, 0.717) is 31.0 Å². The van der Waals surface area contributed by atoms with Gasteiger partial charge >= 0.3 is 0 Å². The van der Waals surface area contributed by atoms with E-state index in [1.807, 2.05) is 42.5 Å². The van der Waals surface area contributed by atoms with Crippen LogP contribution >= 0.6 is 11.6 Å². The molecule has 1 aliphatic heterocycles. The Balaban J connectivity index is 1.53. The summed E-state index contributed by atoms with van der Waals surface area (Å²) in [7, 11) is 0. The van der Waals surface area contributed by atoms with Crippen LogP contribution in [-0.2, 0) is 10.4 Å². The third kappa shape index (κ3) is 3.63. The number of hydrogen-bond donors (Lipinski definition) is 1. The van der Waals surface area contributed by atoms with Crippen LogP contribution in [0.3, 0.4) is 0 Å². The number of rotatable bonds is 4. The van der Waals surface area contributed by atoms with Crippen LogP contribution < -0.4 is 0 Å². The lowest BCUT2D eigenvalue weighted by Crippen LogP contribution is -2.47. The molecule has 2 heterocycles. The normalized spacial score (nSPS) is 17.3. The topological polar surface area (TPSA) is 84.1 Å². The maximum Gasteiger partial charge on any atom is 0.252 e. The molecule has 1 aromatic heterocycles. The highest BCUT2D eigenvalue weighted by atomic mass is 35.5. The number of benzene rings is 2. The number of hydrogen-bond acceptors (Lipinski definition) is 5. The van der Waals surface area contributed by atoms with Gasteiger partial charge < -0.3 is 10.0 Å². The SMILES string of the molecule is O=C(C(c1ccccc1)n1cnnn1)N1CCC(O)(c2ccc(Cl)cc2)CC1. The fourth-order valence-electron chi connectivity index (χ4n) is 3.65. The van der Waals surface area contributed by atoms with Crippen LogP contribution in [0, 0.1) is 0 Å². The highest BCUT2D eigenvalue weighted by molar-refractivity contribution is 6.30. The van der Waals surface area contributed by atoms with Gasteiger partial charge in [0.15, 0.2) is 6.04 Å². The van der Waals surface area contributed by atoms with Crippen molar-refractivity contribution in [2.24, 2.45) is 0 Å². The first-order chi connectivity index (χ1) is 13.6. The fourth-order valence-corrected chi connectivity index (χ4v) is 3.78. The van der Waals surface area contributed by atoms with Gasteiger partial charge in [0.1, 0.15) is 6.33 Å². The number of amides is 1. The second kappa shape index (κ2) is 7.69. The molecule has 28 heavy (non-hydrogen) atoms. The number of carbonyl (C=O) groups excluding carboxylic acids is 1. The van der Waals surface area contributed by atoms with Crippen molar-refractivity contribution >= 4 is 17.5 Å². The van der Waals surface area contributed by atoms with Gasteiger partial charge in [-0.25, -0.2) is 4.68 Å². The van der Waals surface area contributed by atoms with Gasteiger partial charge in [-0.05, 0) is 46.5 Å². The molecule has 4 rings (SSSR count). The molecular weight excluding hydrogens is 378 g/mol. The summed E-state index contributed by atoms with van der Waals surface area (Å²) < 4.78 is 1.47. The van der Waals surface area contributed by atoms with E-state index in [1.54, 1.807) is 17.0 Å². The van der Waals surface area contributed by atoms with Crippen molar-refractivity contribution in [1.82, 2.24) is 25.1 Å². The lowest BCUT2D eigenvalue weighted by atomic mass is 9.84. The molecule has 1 aliphatic rings. The summed E-state index contributed by atoms with van der Waals surface area (Å²) in [4.78, 5) is 15.1. The summed E-state index contributed by atoms with van der Waals surface area (Å²) in [5.74, 6) is -0.0864. The van der Waals surface area contributed by atoms with Crippen LogP contribution in [0.5, 0.6) is 0 Å². The molecular formula is C20H20ClN5O2. The average molecular weight is 398 g/mol. The zero-order valence-electron chi connectivity index (χ0n) is 15.1. The molecule has 0 radical (unpaired) electrons. The molecule has 7 nitrogen and oxygen atoms in total. The molecule has 0 bridgehead atoms. The number of aliphatic hydroxyl groups is 1. The van der Waals surface area contributed by atoms with Gasteiger partial charge in [0.25, 0.3) is 5.91 Å². The molecule has 144 valence electrons. The van der Waals surface area contributed by atoms with E-state index in [2.05, 4.69) is 15.5 Å². The largest absolute Gasteiger partial charge is 0.385 e. The van der Waals surface area contributed by atoms with E-state index in [4.69, 9.17) is 11.6 Å². The molecule has 2 aromatic carbocycles. The number of likely N-dealkylation sites (tertiary alicyclic amines) is 1. The first-order valence-electron chi connectivity index (χ1n) is 9.11. The van der Waals surface area contributed by atoms with Gasteiger partial charge in [0.2, 0.25) is 0 Å². The Morgan fingerprint density at radius 1 is 1.07 bits per heavy atom. The molecule has 1 amide bonds. The molecule has 3 aromatic rings.